The summed E-state index contributed by atoms with van der Waals surface area (Å²) in [4.78, 5) is 35.8. The number of aryl methyl sites for hydroxylation is 1. The van der Waals surface area contributed by atoms with Crippen LogP contribution in [-0.2, 0) is 18.3 Å². The molecule has 0 radical (unpaired) electrons. The van der Waals surface area contributed by atoms with E-state index in [-0.39, 0.29) is 16.7 Å². The molecule has 180 valence electrons. The van der Waals surface area contributed by atoms with Crippen LogP contribution in [-0.4, -0.2) is 52.5 Å². The summed E-state index contributed by atoms with van der Waals surface area (Å²) < 4.78 is 40.7. The van der Waals surface area contributed by atoms with Crippen molar-refractivity contribution in [2.24, 2.45) is 0 Å². The van der Waals surface area contributed by atoms with Gasteiger partial charge in [0.2, 0.25) is 0 Å². The maximum Gasteiger partial charge on any atom is 0.416 e. The minimum Gasteiger partial charge on any atom is -0.296 e. The third-order valence-electron chi connectivity index (χ3n) is 7.07. The van der Waals surface area contributed by atoms with Crippen molar-refractivity contribution in [1.29, 1.82) is 0 Å². The lowest BCUT2D eigenvalue weighted by Gasteiger charge is -2.44. The number of hydrogen-bond donors (Lipinski definition) is 0. The lowest BCUT2D eigenvalue weighted by Crippen LogP contribution is -2.60. The summed E-state index contributed by atoms with van der Waals surface area (Å²) in [6, 6.07) is 13.1. The standard InChI is InChI=1S/C27H24F3N3O2/c1-18-9-10-31-16-19(18)17-32-11-13-33(14-12-32)26(20-5-4-6-21(15-20)27(28,29)30)24(34)22-7-2-3-8-23(22)25(26)35/h2-10,15-16H,11-14,17H2,1H3. The summed E-state index contributed by atoms with van der Waals surface area (Å²) in [5.41, 5.74) is 0.105. The van der Waals surface area contributed by atoms with Gasteiger partial charge in [0.05, 0.1) is 5.56 Å². The van der Waals surface area contributed by atoms with Crippen molar-refractivity contribution in [3.05, 3.63) is 100 Å². The molecule has 0 bridgehead atoms. The van der Waals surface area contributed by atoms with Crippen molar-refractivity contribution in [2.45, 2.75) is 25.2 Å². The van der Waals surface area contributed by atoms with Gasteiger partial charge in [0, 0.05) is 56.2 Å². The number of piperazine rings is 1. The zero-order valence-corrected chi connectivity index (χ0v) is 19.2. The first-order valence-electron chi connectivity index (χ1n) is 11.5. The molecule has 2 aromatic carbocycles. The number of pyridine rings is 1. The minimum atomic E-state index is -4.59. The Labute approximate surface area is 201 Å². The number of hydrogen-bond acceptors (Lipinski definition) is 5. The highest BCUT2D eigenvalue weighted by Gasteiger charge is 2.58. The number of halogens is 3. The Balaban J connectivity index is 1.52. The van der Waals surface area contributed by atoms with Gasteiger partial charge in [-0.1, -0.05) is 36.4 Å². The predicted molar refractivity (Wildman–Crippen MR) is 124 cm³/mol. The summed E-state index contributed by atoms with van der Waals surface area (Å²) >= 11 is 0. The smallest absolute Gasteiger partial charge is 0.296 e. The molecule has 0 saturated carbocycles. The first kappa shape index (κ1) is 23.4. The van der Waals surface area contributed by atoms with Crippen molar-refractivity contribution in [3.8, 4) is 0 Å². The van der Waals surface area contributed by atoms with Gasteiger partial charge in [-0.15, -0.1) is 0 Å². The molecule has 0 unspecified atom stereocenters. The van der Waals surface area contributed by atoms with E-state index in [1.54, 1.807) is 35.4 Å². The summed E-state index contributed by atoms with van der Waals surface area (Å²) in [5.74, 6) is -0.928. The normalized spacial score (nSPS) is 18.6. The van der Waals surface area contributed by atoms with E-state index in [0.717, 1.165) is 23.3 Å². The number of ketones is 2. The third-order valence-corrected chi connectivity index (χ3v) is 7.07. The fraction of sp³-hybridized carbons (Fsp3) is 0.296. The molecule has 1 aliphatic carbocycles. The largest absolute Gasteiger partial charge is 0.416 e. The Bertz CT molecular complexity index is 1260. The number of nitrogens with zero attached hydrogens (tertiary/aromatic N) is 3. The maximum atomic E-state index is 13.8. The monoisotopic (exact) mass is 479 g/mol. The van der Waals surface area contributed by atoms with Crippen LogP contribution in [0.2, 0.25) is 0 Å². The van der Waals surface area contributed by atoms with Crippen molar-refractivity contribution < 1.29 is 22.8 Å². The van der Waals surface area contributed by atoms with Gasteiger partial charge < -0.3 is 0 Å². The van der Waals surface area contributed by atoms with Crippen molar-refractivity contribution in [2.75, 3.05) is 26.2 Å². The van der Waals surface area contributed by atoms with Crippen LogP contribution < -0.4 is 0 Å². The number of carbonyl (C=O) groups excluding carboxylic acids is 2. The highest BCUT2D eigenvalue weighted by atomic mass is 19.4. The van der Waals surface area contributed by atoms with Crippen LogP contribution in [0.15, 0.2) is 67.0 Å². The molecule has 8 heteroatoms. The highest BCUT2D eigenvalue weighted by molar-refractivity contribution is 6.32. The molecule has 5 rings (SSSR count). The first-order valence-corrected chi connectivity index (χ1v) is 11.5. The fourth-order valence-corrected chi connectivity index (χ4v) is 5.17. The van der Waals surface area contributed by atoms with Crippen LogP contribution in [0.5, 0.6) is 0 Å². The van der Waals surface area contributed by atoms with Crippen LogP contribution in [0, 0.1) is 6.92 Å². The van der Waals surface area contributed by atoms with Crippen LogP contribution in [0.3, 0.4) is 0 Å². The molecule has 3 aromatic rings. The second kappa shape index (κ2) is 8.70. The van der Waals surface area contributed by atoms with Crippen LogP contribution in [0.4, 0.5) is 13.2 Å². The van der Waals surface area contributed by atoms with E-state index in [1.165, 1.54) is 12.1 Å². The second-order valence-corrected chi connectivity index (χ2v) is 9.06. The molecule has 1 aromatic heterocycles. The quantitative estimate of drug-likeness (QED) is 0.516. The summed E-state index contributed by atoms with van der Waals surface area (Å²) in [7, 11) is 0. The van der Waals surface area contributed by atoms with Gasteiger partial charge in [-0.25, -0.2) is 0 Å². The van der Waals surface area contributed by atoms with E-state index < -0.39 is 28.8 Å². The number of alkyl halides is 3. The van der Waals surface area contributed by atoms with Crippen LogP contribution in [0.25, 0.3) is 0 Å². The van der Waals surface area contributed by atoms with Crippen LogP contribution >= 0.6 is 0 Å². The average Bonchev–Trinajstić information content (AvgIpc) is 3.08. The second-order valence-electron chi connectivity index (χ2n) is 9.06. The Kier molecular flexibility index (Phi) is 5.81. The van der Waals surface area contributed by atoms with Gasteiger partial charge in [0.1, 0.15) is 0 Å². The third kappa shape index (κ3) is 3.86. The molecular formula is C27H24F3N3O2. The molecule has 5 nitrogen and oxygen atoms in total. The lowest BCUT2D eigenvalue weighted by atomic mass is 9.81. The van der Waals surface area contributed by atoms with E-state index in [9.17, 15) is 22.8 Å². The van der Waals surface area contributed by atoms with E-state index >= 15 is 0 Å². The van der Waals surface area contributed by atoms with Gasteiger partial charge in [-0.05, 0) is 41.8 Å². The maximum absolute atomic E-state index is 13.8. The van der Waals surface area contributed by atoms with Crippen LogP contribution in [0.1, 0.15) is 43.0 Å². The van der Waals surface area contributed by atoms with Gasteiger partial charge >= 0.3 is 6.18 Å². The molecule has 2 heterocycles. The Hall–Kier alpha value is -3.36. The molecule has 2 aliphatic rings. The number of Topliss-reactive ketones (excluding diaryl/α,β-unsaturated/α-hetero) is 2. The van der Waals surface area contributed by atoms with Gasteiger partial charge in [0.25, 0.3) is 0 Å². The molecule has 0 spiro atoms. The summed E-state index contributed by atoms with van der Waals surface area (Å²) in [6.07, 6.45) is -1.02. The van der Waals surface area contributed by atoms with E-state index in [2.05, 4.69) is 9.88 Å². The van der Waals surface area contributed by atoms with Crippen molar-refractivity contribution >= 4 is 11.6 Å². The summed E-state index contributed by atoms with van der Waals surface area (Å²) in [6.45, 7) is 4.54. The molecule has 0 atom stereocenters. The Morgan fingerprint density at radius 1 is 0.914 bits per heavy atom. The fourth-order valence-electron chi connectivity index (χ4n) is 5.17. The predicted octanol–water partition coefficient (Wildman–Crippen LogP) is 4.50. The van der Waals surface area contributed by atoms with E-state index in [0.29, 0.717) is 32.7 Å². The summed E-state index contributed by atoms with van der Waals surface area (Å²) in [5, 5.41) is 0. The molecule has 1 saturated heterocycles. The zero-order chi connectivity index (χ0) is 24.8. The van der Waals surface area contributed by atoms with Crippen molar-refractivity contribution in [1.82, 2.24) is 14.8 Å². The average molecular weight is 480 g/mol. The number of rotatable bonds is 4. The van der Waals surface area contributed by atoms with E-state index in [4.69, 9.17) is 0 Å². The Morgan fingerprint density at radius 3 is 2.17 bits per heavy atom. The number of fused-ring (bicyclic) bond motifs is 1. The lowest BCUT2D eigenvalue weighted by molar-refractivity contribution is -0.137. The van der Waals surface area contributed by atoms with E-state index in [1.807, 2.05) is 19.2 Å². The Morgan fingerprint density at radius 2 is 1.57 bits per heavy atom. The first-order chi connectivity index (χ1) is 16.7. The number of aromatic nitrogens is 1. The van der Waals surface area contributed by atoms with Gasteiger partial charge in [-0.2, -0.15) is 13.2 Å². The number of carbonyl (C=O) groups is 2. The molecule has 1 fully saturated rings. The number of benzene rings is 2. The SMILES string of the molecule is Cc1ccncc1CN1CCN(C2(c3cccc(C(F)(F)F)c3)C(=O)c3ccccc3C2=O)CC1. The molecule has 1 aliphatic heterocycles. The minimum absolute atomic E-state index is 0.0649. The topological polar surface area (TPSA) is 53.5 Å². The molecule has 0 N–H and O–H groups in total. The molecule has 35 heavy (non-hydrogen) atoms. The highest BCUT2D eigenvalue weighted by Crippen LogP contribution is 2.44. The zero-order valence-electron chi connectivity index (χ0n) is 19.2. The van der Waals surface area contributed by atoms with Gasteiger partial charge in [-0.3, -0.25) is 24.4 Å². The van der Waals surface area contributed by atoms with Crippen molar-refractivity contribution in [3.63, 3.8) is 0 Å². The molecule has 0 amide bonds. The molecular weight excluding hydrogens is 455 g/mol. The van der Waals surface area contributed by atoms with Gasteiger partial charge in [0.15, 0.2) is 17.1 Å².